The van der Waals surface area contributed by atoms with E-state index in [-0.39, 0.29) is 0 Å². The Balaban J connectivity index is 1.80. The zero-order valence-corrected chi connectivity index (χ0v) is 8.87. The van der Waals surface area contributed by atoms with Crippen molar-refractivity contribution in [1.29, 1.82) is 0 Å². The summed E-state index contributed by atoms with van der Waals surface area (Å²) in [4.78, 5) is 0. The number of allylic oxidation sites excluding steroid dienone is 1. The SMILES string of the molecule is NC(CC1=CCCCC1)C1CCOC1. The molecule has 0 aromatic carbocycles. The second-order valence-electron chi connectivity index (χ2n) is 4.60. The van der Waals surface area contributed by atoms with E-state index in [1.54, 1.807) is 5.57 Å². The number of ether oxygens (including phenoxy) is 1. The minimum Gasteiger partial charge on any atom is -0.381 e. The first-order valence-electron chi connectivity index (χ1n) is 5.87. The molecule has 2 atom stereocenters. The van der Waals surface area contributed by atoms with Gasteiger partial charge in [-0.3, -0.25) is 0 Å². The summed E-state index contributed by atoms with van der Waals surface area (Å²) in [5, 5.41) is 0. The van der Waals surface area contributed by atoms with Crippen LogP contribution in [0.25, 0.3) is 0 Å². The topological polar surface area (TPSA) is 35.2 Å². The van der Waals surface area contributed by atoms with Crippen molar-refractivity contribution in [3.8, 4) is 0 Å². The fourth-order valence-corrected chi connectivity index (χ4v) is 2.45. The highest BCUT2D eigenvalue weighted by Gasteiger charge is 2.23. The molecule has 0 radical (unpaired) electrons. The Morgan fingerprint density at radius 1 is 1.50 bits per heavy atom. The van der Waals surface area contributed by atoms with E-state index in [0.717, 1.165) is 26.1 Å². The van der Waals surface area contributed by atoms with Crippen LogP contribution in [-0.2, 0) is 4.74 Å². The van der Waals surface area contributed by atoms with Gasteiger partial charge in [0.25, 0.3) is 0 Å². The van der Waals surface area contributed by atoms with Gasteiger partial charge in [0.1, 0.15) is 0 Å². The summed E-state index contributed by atoms with van der Waals surface area (Å²) in [6.07, 6.45) is 9.94. The van der Waals surface area contributed by atoms with Crippen LogP contribution < -0.4 is 5.73 Å². The van der Waals surface area contributed by atoms with Gasteiger partial charge in [-0.15, -0.1) is 0 Å². The zero-order valence-electron chi connectivity index (χ0n) is 8.87. The van der Waals surface area contributed by atoms with E-state index in [9.17, 15) is 0 Å². The van der Waals surface area contributed by atoms with Crippen LogP contribution in [0.2, 0.25) is 0 Å². The number of nitrogens with two attached hydrogens (primary N) is 1. The van der Waals surface area contributed by atoms with Crippen LogP contribution in [-0.4, -0.2) is 19.3 Å². The van der Waals surface area contributed by atoms with Crippen LogP contribution in [0.4, 0.5) is 0 Å². The van der Waals surface area contributed by atoms with Gasteiger partial charge in [0.05, 0.1) is 6.61 Å². The lowest BCUT2D eigenvalue weighted by atomic mass is 9.89. The lowest BCUT2D eigenvalue weighted by Gasteiger charge is -2.21. The van der Waals surface area contributed by atoms with E-state index in [2.05, 4.69) is 6.08 Å². The van der Waals surface area contributed by atoms with Gasteiger partial charge in [0.15, 0.2) is 0 Å². The maximum atomic E-state index is 6.19. The fraction of sp³-hybridized carbons (Fsp3) is 0.833. The molecule has 1 aliphatic carbocycles. The molecule has 2 aliphatic rings. The predicted octanol–water partition coefficient (Wildman–Crippen LogP) is 2.24. The second kappa shape index (κ2) is 4.94. The third-order valence-electron chi connectivity index (χ3n) is 3.45. The normalized spacial score (nSPS) is 30.1. The molecular formula is C12H21NO. The monoisotopic (exact) mass is 195 g/mol. The van der Waals surface area contributed by atoms with E-state index in [1.807, 2.05) is 0 Å². The second-order valence-corrected chi connectivity index (χ2v) is 4.60. The molecule has 1 heterocycles. The molecule has 1 saturated heterocycles. The molecular weight excluding hydrogens is 174 g/mol. The maximum Gasteiger partial charge on any atom is 0.0510 e. The summed E-state index contributed by atoms with van der Waals surface area (Å²) in [5.41, 5.74) is 7.78. The smallest absolute Gasteiger partial charge is 0.0510 e. The lowest BCUT2D eigenvalue weighted by molar-refractivity contribution is 0.180. The van der Waals surface area contributed by atoms with Gasteiger partial charge >= 0.3 is 0 Å². The fourth-order valence-electron chi connectivity index (χ4n) is 2.45. The molecule has 0 saturated carbocycles. The van der Waals surface area contributed by atoms with Gasteiger partial charge in [0.2, 0.25) is 0 Å². The molecule has 2 unspecified atom stereocenters. The molecule has 0 spiro atoms. The van der Waals surface area contributed by atoms with Gasteiger partial charge < -0.3 is 10.5 Å². The van der Waals surface area contributed by atoms with E-state index in [1.165, 1.54) is 25.7 Å². The van der Waals surface area contributed by atoms with Crippen LogP contribution in [0.5, 0.6) is 0 Å². The maximum absolute atomic E-state index is 6.19. The molecule has 2 nitrogen and oxygen atoms in total. The van der Waals surface area contributed by atoms with Crippen LogP contribution in [0.3, 0.4) is 0 Å². The third kappa shape index (κ3) is 2.58. The minimum absolute atomic E-state index is 0.335. The summed E-state index contributed by atoms with van der Waals surface area (Å²) in [5.74, 6) is 0.609. The number of rotatable bonds is 3. The van der Waals surface area contributed by atoms with E-state index in [4.69, 9.17) is 10.5 Å². The Hall–Kier alpha value is -0.340. The van der Waals surface area contributed by atoms with E-state index >= 15 is 0 Å². The summed E-state index contributed by atoms with van der Waals surface area (Å²) >= 11 is 0. The molecule has 2 N–H and O–H groups in total. The summed E-state index contributed by atoms with van der Waals surface area (Å²) < 4.78 is 5.37. The number of hydrogen-bond acceptors (Lipinski definition) is 2. The first kappa shape index (κ1) is 10.2. The number of hydrogen-bond donors (Lipinski definition) is 1. The molecule has 2 rings (SSSR count). The summed E-state index contributed by atoms with van der Waals surface area (Å²) in [7, 11) is 0. The van der Waals surface area contributed by atoms with Crippen molar-refractivity contribution in [2.45, 2.75) is 44.6 Å². The van der Waals surface area contributed by atoms with Gasteiger partial charge in [0, 0.05) is 12.6 Å². The Morgan fingerprint density at radius 2 is 2.43 bits per heavy atom. The highest BCUT2D eigenvalue weighted by atomic mass is 16.5. The molecule has 0 aromatic heterocycles. The summed E-state index contributed by atoms with van der Waals surface area (Å²) in [6.45, 7) is 1.80. The predicted molar refractivity (Wildman–Crippen MR) is 58.1 cm³/mol. The molecule has 2 heteroatoms. The third-order valence-corrected chi connectivity index (χ3v) is 3.45. The van der Waals surface area contributed by atoms with Crippen molar-refractivity contribution < 1.29 is 4.74 Å². The molecule has 1 aliphatic heterocycles. The van der Waals surface area contributed by atoms with E-state index in [0.29, 0.717) is 12.0 Å². The molecule has 0 aromatic rings. The van der Waals surface area contributed by atoms with Crippen LogP contribution in [0.1, 0.15) is 38.5 Å². The molecule has 80 valence electrons. The summed E-state index contributed by atoms with van der Waals surface area (Å²) in [6, 6.07) is 0.335. The average molecular weight is 195 g/mol. The van der Waals surface area contributed by atoms with Gasteiger partial charge in [-0.1, -0.05) is 11.6 Å². The Morgan fingerprint density at radius 3 is 3.07 bits per heavy atom. The Kier molecular flexibility index (Phi) is 3.60. The lowest BCUT2D eigenvalue weighted by Crippen LogP contribution is -2.31. The van der Waals surface area contributed by atoms with E-state index < -0.39 is 0 Å². The van der Waals surface area contributed by atoms with Crippen molar-refractivity contribution in [3.05, 3.63) is 11.6 Å². The largest absolute Gasteiger partial charge is 0.381 e. The average Bonchev–Trinajstić information content (AvgIpc) is 2.72. The molecule has 0 bridgehead atoms. The van der Waals surface area contributed by atoms with Crippen molar-refractivity contribution in [3.63, 3.8) is 0 Å². The highest BCUT2D eigenvalue weighted by molar-refractivity contribution is 5.07. The van der Waals surface area contributed by atoms with Crippen molar-refractivity contribution in [1.82, 2.24) is 0 Å². The zero-order chi connectivity index (χ0) is 9.80. The Labute approximate surface area is 86.5 Å². The minimum atomic E-state index is 0.335. The quantitative estimate of drug-likeness (QED) is 0.701. The molecule has 14 heavy (non-hydrogen) atoms. The standard InChI is InChI=1S/C12H21NO/c13-12(11-6-7-14-9-11)8-10-4-2-1-3-5-10/h4,11-12H,1-3,5-9,13H2. The van der Waals surface area contributed by atoms with Crippen molar-refractivity contribution >= 4 is 0 Å². The van der Waals surface area contributed by atoms with Crippen LogP contribution in [0, 0.1) is 5.92 Å². The van der Waals surface area contributed by atoms with Gasteiger partial charge in [-0.05, 0) is 44.4 Å². The highest BCUT2D eigenvalue weighted by Crippen LogP contribution is 2.25. The van der Waals surface area contributed by atoms with Gasteiger partial charge in [-0.25, -0.2) is 0 Å². The molecule has 0 amide bonds. The van der Waals surface area contributed by atoms with Crippen LogP contribution in [0.15, 0.2) is 11.6 Å². The first-order valence-corrected chi connectivity index (χ1v) is 5.87. The van der Waals surface area contributed by atoms with Gasteiger partial charge in [-0.2, -0.15) is 0 Å². The van der Waals surface area contributed by atoms with Crippen molar-refractivity contribution in [2.75, 3.05) is 13.2 Å². The Bertz CT molecular complexity index is 206. The van der Waals surface area contributed by atoms with Crippen LogP contribution >= 0.6 is 0 Å². The molecule has 1 fully saturated rings. The van der Waals surface area contributed by atoms with Crippen molar-refractivity contribution in [2.24, 2.45) is 11.7 Å². The first-order chi connectivity index (χ1) is 6.86.